The molecule has 2 aromatic carbocycles. The molecular weight excluding hydrogens is 312 g/mol. The van der Waals surface area contributed by atoms with Gasteiger partial charge in [0.15, 0.2) is 0 Å². The van der Waals surface area contributed by atoms with E-state index >= 15 is 0 Å². The number of anilines is 1. The normalized spacial score (nSPS) is 11.1. The van der Waals surface area contributed by atoms with Crippen LogP contribution in [0.15, 0.2) is 47.4 Å². The molecule has 0 saturated carbocycles. The lowest BCUT2D eigenvalue weighted by molar-refractivity contribution is -0.118. The van der Waals surface area contributed by atoms with Gasteiger partial charge in [-0.2, -0.15) is 12.8 Å². The summed E-state index contributed by atoms with van der Waals surface area (Å²) in [6, 6.07) is 12.1. The van der Waals surface area contributed by atoms with Crippen LogP contribution < -0.4 is 9.84 Å². The van der Waals surface area contributed by atoms with Crippen molar-refractivity contribution in [2.75, 3.05) is 4.41 Å². The van der Waals surface area contributed by atoms with Gasteiger partial charge in [0, 0.05) is 6.92 Å². The van der Waals surface area contributed by atoms with Gasteiger partial charge in [0.05, 0.1) is 10.6 Å². The van der Waals surface area contributed by atoms with Crippen molar-refractivity contribution < 1.29 is 13.2 Å². The molecule has 0 heterocycles. The third-order valence-corrected chi connectivity index (χ3v) is 5.11. The summed E-state index contributed by atoms with van der Waals surface area (Å²) in [4.78, 5) is 11.7. The Balaban J connectivity index is 2.63. The van der Waals surface area contributed by atoms with Crippen molar-refractivity contribution in [1.82, 2.24) is 5.43 Å². The monoisotopic (exact) mass is 332 g/mol. The van der Waals surface area contributed by atoms with Crippen LogP contribution in [0.1, 0.15) is 23.6 Å². The third kappa shape index (κ3) is 3.71. The lowest BCUT2D eigenvalue weighted by Crippen LogP contribution is -2.45. The Morgan fingerprint density at radius 3 is 2.09 bits per heavy atom. The van der Waals surface area contributed by atoms with Crippen LogP contribution in [-0.2, 0) is 14.8 Å². The molecular formula is C17H20N2O3S. The fraction of sp³-hybridized carbons (Fsp3) is 0.235. The molecule has 0 radical (unpaired) electrons. The minimum atomic E-state index is -3.91. The molecule has 1 amide bonds. The maximum absolute atomic E-state index is 13.0. The molecule has 1 N–H and O–H groups in total. The lowest BCUT2D eigenvalue weighted by Gasteiger charge is -2.25. The zero-order chi connectivity index (χ0) is 17.2. The van der Waals surface area contributed by atoms with Gasteiger partial charge < -0.3 is 0 Å². The molecule has 0 aliphatic rings. The number of nitrogens with zero attached hydrogens (tertiary/aromatic N) is 1. The molecule has 0 spiro atoms. The van der Waals surface area contributed by atoms with Gasteiger partial charge in [-0.3, -0.25) is 10.2 Å². The Labute approximate surface area is 137 Å². The van der Waals surface area contributed by atoms with E-state index in [1.54, 1.807) is 37.3 Å². The Morgan fingerprint density at radius 2 is 1.57 bits per heavy atom. The first-order valence-electron chi connectivity index (χ1n) is 7.18. The molecule has 0 aliphatic carbocycles. The second-order valence-electron chi connectivity index (χ2n) is 5.55. The smallest absolute Gasteiger partial charge is 0.274 e. The van der Waals surface area contributed by atoms with E-state index in [0.717, 1.165) is 15.5 Å². The quantitative estimate of drug-likeness (QED) is 0.876. The summed E-state index contributed by atoms with van der Waals surface area (Å²) in [5.74, 6) is -0.457. The largest absolute Gasteiger partial charge is 0.282 e. The highest BCUT2D eigenvalue weighted by Gasteiger charge is 2.27. The molecule has 0 aliphatic heterocycles. The zero-order valence-corrected chi connectivity index (χ0v) is 14.4. The van der Waals surface area contributed by atoms with Crippen LogP contribution in [0.25, 0.3) is 0 Å². The number of rotatable bonds is 4. The number of benzene rings is 2. The number of sulfonamides is 1. The van der Waals surface area contributed by atoms with E-state index in [1.165, 1.54) is 13.0 Å². The first kappa shape index (κ1) is 17.0. The Hall–Kier alpha value is -2.34. The summed E-state index contributed by atoms with van der Waals surface area (Å²) < 4.78 is 27.0. The van der Waals surface area contributed by atoms with Crippen LogP contribution in [0, 0.1) is 20.8 Å². The molecule has 2 aromatic rings. The van der Waals surface area contributed by atoms with Crippen LogP contribution in [0.3, 0.4) is 0 Å². The number of amides is 1. The number of carbonyl (C=O) groups excluding carboxylic acids is 1. The van der Waals surface area contributed by atoms with E-state index in [4.69, 9.17) is 0 Å². The summed E-state index contributed by atoms with van der Waals surface area (Å²) in [5, 5.41) is 0. The summed E-state index contributed by atoms with van der Waals surface area (Å²) in [6.07, 6.45) is 0. The van der Waals surface area contributed by atoms with Gasteiger partial charge in [0.2, 0.25) is 5.91 Å². The van der Waals surface area contributed by atoms with E-state index in [9.17, 15) is 13.2 Å². The number of carbonyl (C=O) groups is 1. The molecule has 0 saturated heterocycles. The van der Waals surface area contributed by atoms with Gasteiger partial charge in [0.25, 0.3) is 10.0 Å². The number of nitrogens with one attached hydrogen (secondary N) is 1. The molecule has 0 unspecified atom stereocenters. The van der Waals surface area contributed by atoms with E-state index in [-0.39, 0.29) is 4.90 Å². The number of aryl methyl sites for hydroxylation is 3. The van der Waals surface area contributed by atoms with Crippen molar-refractivity contribution in [3.05, 3.63) is 59.2 Å². The molecule has 0 bridgehead atoms. The van der Waals surface area contributed by atoms with E-state index in [2.05, 4.69) is 5.43 Å². The topological polar surface area (TPSA) is 66.5 Å². The Bertz CT molecular complexity index is 824. The highest BCUT2D eigenvalue weighted by Crippen LogP contribution is 2.25. The summed E-state index contributed by atoms with van der Waals surface area (Å²) >= 11 is 0. The van der Waals surface area contributed by atoms with Crippen LogP contribution in [0.2, 0.25) is 0 Å². The fourth-order valence-electron chi connectivity index (χ4n) is 2.42. The molecule has 2 rings (SSSR count). The predicted molar refractivity (Wildman–Crippen MR) is 90.6 cm³/mol. The summed E-state index contributed by atoms with van der Waals surface area (Å²) in [5.41, 5.74) is 5.27. The van der Waals surface area contributed by atoms with Crippen molar-refractivity contribution >= 4 is 21.6 Å². The first-order valence-corrected chi connectivity index (χ1v) is 8.62. The fourth-order valence-corrected chi connectivity index (χ4v) is 3.97. The van der Waals surface area contributed by atoms with Gasteiger partial charge in [-0.05, 0) is 55.7 Å². The molecule has 6 heteroatoms. The Morgan fingerprint density at radius 1 is 1.00 bits per heavy atom. The summed E-state index contributed by atoms with van der Waals surface area (Å²) in [6.45, 7) is 6.76. The van der Waals surface area contributed by atoms with Gasteiger partial charge in [-0.15, -0.1) is 0 Å². The van der Waals surface area contributed by atoms with Crippen molar-refractivity contribution in [3.63, 3.8) is 0 Å². The van der Waals surface area contributed by atoms with E-state index in [0.29, 0.717) is 11.3 Å². The molecule has 0 fully saturated rings. The molecule has 0 aromatic heterocycles. The van der Waals surface area contributed by atoms with Crippen molar-refractivity contribution in [2.24, 2.45) is 0 Å². The van der Waals surface area contributed by atoms with Gasteiger partial charge in [-0.25, -0.2) is 0 Å². The van der Waals surface area contributed by atoms with Crippen molar-refractivity contribution in [2.45, 2.75) is 32.6 Å². The van der Waals surface area contributed by atoms with E-state index < -0.39 is 15.9 Å². The standard InChI is InChI=1S/C17H20N2O3S/c1-12-9-13(2)11-16(10-12)19(18-15(4)20)23(21,22)17-8-6-5-7-14(17)3/h5-11H,1-4H3,(H,18,20). The van der Waals surface area contributed by atoms with E-state index in [1.807, 2.05) is 19.9 Å². The van der Waals surface area contributed by atoms with Crippen molar-refractivity contribution in [1.29, 1.82) is 0 Å². The minimum absolute atomic E-state index is 0.160. The SMILES string of the molecule is CC(=O)NN(c1cc(C)cc(C)c1)S(=O)(=O)c1ccccc1C. The maximum atomic E-state index is 13.0. The number of hydrogen-bond donors (Lipinski definition) is 1. The van der Waals surface area contributed by atoms with Crippen molar-refractivity contribution in [3.8, 4) is 0 Å². The second kappa shape index (κ2) is 6.42. The Kier molecular flexibility index (Phi) is 4.75. The van der Waals surface area contributed by atoms with Crippen LogP contribution in [-0.4, -0.2) is 14.3 Å². The number of hydrazine groups is 1. The highest BCUT2D eigenvalue weighted by atomic mass is 32.2. The third-order valence-electron chi connectivity index (χ3n) is 3.31. The average molecular weight is 332 g/mol. The minimum Gasteiger partial charge on any atom is -0.274 e. The van der Waals surface area contributed by atoms with Gasteiger partial charge >= 0.3 is 0 Å². The maximum Gasteiger partial charge on any atom is 0.282 e. The second-order valence-corrected chi connectivity index (χ2v) is 7.30. The molecule has 0 atom stereocenters. The van der Waals surface area contributed by atoms with Crippen LogP contribution >= 0.6 is 0 Å². The predicted octanol–water partition coefficient (Wildman–Crippen LogP) is 2.86. The van der Waals surface area contributed by atoms with Gasteiger partial charge in [0.1, 0.15) is 0 Å². The molecule has 122 valence electrons. The first-order chi connectivity index (χ1) is 10.7. The molecule has 5 nitrogen and oxygen atoms in total. The molecule has 23 heavy (non-hydrogen) atoms. The van der Waals surface area contributed by atoms with Crippen LogP contribution in [0.5, 0.6) is 0 Å². The number of hydrogen-bond acceptors (Lipinski definition) is 3. The lowest BCUT2D eigenvalue weighted by atomic mass is 10.1. The summed E-state index contributed by atoms with van der Waals surface area (Å²) in [7, 11) is -3.91. The average Bonchev–Trinajstić information content (AvgIpc) is 2.43. The highest BCUT2D eigenvalue weighted by molar-refractivity contribution is 7.92. The van der Waals surface area contributed by atoms with Crippen LogP contribution in [0.4, 0.5) is 5.69 Å². The van der Waals surface area contributed by atoms with Gasteiger partial charge in [-0.1, -0.05) is 24.3 Å². The zero-order valence-electron chi connectivity index (χ0n) is 13.6.